The van der Waals surface area contributed by atoms with Crippen molar-refractivity contribution in [2.75, 3.05) is 23.7 Å². The highest BCUT2D eigenvalue weighted by Gasteiger charge is 2.27. The summed E-state index contributed by atoms with van der Waals surface area (Å²) in [5, 5.41) is 0. The van der Waals surface area contributed by atoms with E-state index in [9.17, 15) is 0 Å². The molecule has 3 heteroatoms. The summed E-state index contributed by atoms with van der Waals surface area (Å²) < 4.78 is 6.10. The minimum atomic E-state index is 0.255. The Hall–Kier alpha value is -2.16. The van der Waals surface area contributed by atoms with E-state index in [-0.39, 0.29) is 6.10 Å². The van der Waals surface area contributed by atoms with Crippen LogP contribution in [-0.2, 0) is 12.8 Å². The molecule has 0 bridgehead atoms. The van der Waals surface area contributed by atoms with Crippen LogP contribution in [0.4, 0.5) is 11.4 Å². The van der Waals surface area contributed by atoms with E-state index in [1.807, 2.05) is 6.07 Å². The first-order valence-electron chi connectivity index (χ1n) is 7.58. The third kappa shape index (κ3) is 2.23. The second kappa shape index (κ2) is 4.69. The van der Waals surface area contributed by atoms with Gasteiger partial charge in [0.05, 0.1) is 6.54 Å². The fourth-order valence-electron chi connectivity index (χ4n) is 3.48. The van der Waals surface area contributed by atoms with Gasteiger partial charge in [-0.2, -0.15) is 0 Å². The molecule has 4 rings (SSSR count). The first kappa shape index (κ1) is 12.6. The topological polar surface area (TPSA) is 38.5 Å². The molecule has 2 aromatic carbocycles. The minimum absolute atomic E-state index is 0.255. The zero-order valence-corrected chi connectivity index (χ0v) is 12.3. The molecular weight excluding hydrogens is 260 g/mol. The van der Waals surface area contributed by atoms with Crippen LogP contribution in [0.15, 0.2) is 36.4 Å². The number of benzene rings is 2. The predicted molar refractivity (Wildman–Crippen MR) is 86.1 cm³/mol. The summed E-state index contributed by atoms with van der Waals surface area (Å²) >= 11 is 0. The first-order chi connectivity index (χ1) is 10.2. The van der Waals surface area contributed by atoms with Gasteiger partial charge >= 0.3 is 0 Å². The van der Waals surface area contributed by atoms with E-state index >= 15 is 0 Å². The third-order valence-electron chi connectivity index (χ3n) is 4.48. The highest BCUT2D eigenvalue weighted by Crippen LogP contribution is 2.33. The Kier molecular flexibility index (Phi) is 2.81. The summed E-state index contributed by atoms with van der Waals surface area (Å²) in [4.78, 5) is 2.43. The van der Waals surface area contributed by atoms with Crippen molar-refractivity contribution < 1.29 is 4.74 Å². The number of aryl methyl sites for hydroxylation is 1. The van der Waals surface area contributed by atoms with Gasteiger partial charge in [-0.15, -0.1) is 0 Å². The molecule has 0 saturated carbocycles. The predicted octanol–water partition coefficient (Wildman–Crippen LogP) is 2.94. The molecule has 2 aromatic rings. The van der Waals surface area contributed by atoms with Crippen molar-refractivity contribution in [3.8, 4) is 5.75 Å². The van der Waals surface area contributed by atoms with Gasteiger partial charge in [0.25, 0.3) is 0 Å². The fraction of sp³-hybridized carbons (Fsp3) is 0.333. The monoisotopic (exact) mass is 280 g/mol. The van der Waals surface area contributed by atoms with Crippen LogP contribution in [0.1, 0.15) is 16.7 Å². The molecule has 0 aliphatic carbocycles. The number of hydrogen-bond donors (Lipinski definition) is 1. The van der Waals surface area contributed by atoms with E-state index in [1.165, 1.54) is 22.4 Å². The van der Waals surface area contributed by atoms with Gasteiger partial charge in [0.2, 0.25) is 0 Å². The Balaban J connectivity index is 1.50. The molecule has 0 spiro atoms. The van der Waals surface area contributed by atoms with Crippen molar-refractivity contribution in [1.29, 1.82) is 0 Å². The van der Waals surface area contributed by atoms with Gasteiger partial charge in [0.1, 0.15) is 11.9 Å². The van der Waals surface area contributed by atoms with Crippen LogP contribution in [0.5, 0.6) is 5.75 Å². The number of nitrogens with two attached hydrogens (primary N) is 1. The van der Waals surface area contributed by atoms with Gasteiger partial charge in [-0.25, -0.2) is 0 Å². The maximum atomic E-state index is 6.10. The van der Waals surface area contributed by atoms with Crippen LogP contribution in [0.3, 0.4) is 0 Å². The van der Waals surface area contributed by atoms with Crippen LogP contribution in [0.2, 0.25) is 0 Å². The number of hydrogen-bond acceptors (Lipinski definition) is 3. The average molecular weight is 280 g/mol. The second-order valence-corrected chi connectivity index (χ2v) is 6.14. The number of nitrogens with zero attached hydrogens (tertiary/aromatic N) is 1. The molecule has 1 atom stereocenters. The van der Waals surface area contributed by atoms with Crippen LogP contribution >= 0.6 is 0 Å². The highest BCUT2D eigenvalue weighted by atomic mass is 16.5. The Labute approximate surface area is 125 Å². The second-order valence-electron chi connectivity index (χ2n) is 6.14. The zero-order chi connectivity index (χ0) is 14.4. The van der Waals surface area contributed by atoms with Crippen LogP contribution in [0.25, 0.3) is 0 Å². The van der Waals surface area contributed by atoms with E-state index in [0.29, 0.717) is 0 Å². The summed E-state index contributed by atoms with van der Waals surface area (Å²) in [6.45, 7) is 4.15. The van der Waals surface area contributed by atoms with Crippen molar-refractivity contribution in [3.05, 3.63) is 53.1 Å². The van der Waals surface area contributed by atoms with E-state index < -0.39 is 0 Å². The third-order valence-corrected chi connectivity index (χ3v) is 4.48. The Morgan fingerprint density at radius 3 is 3.00 bits per heavy atom. The van der Waals surface area contributed by atoms with Crippen molar-refractivity contribution in [2.45, 2.75) is 25.9 Å². The van der Waals surface area contributed by atoms with Crippen molar-refractivity contribution in [1.82, 2.24) is 0 Å². The van der Waals surface area contributed by atoms with Crippen LogP contribution in [0, 0.1) is 6.92 Å². The SMILES string of the molecule is Cc1ccc2c(c1)CC(CN1CCc3cc(N)ccc31)O2. The van der Waals surface area contributed by atoms with E-state index in [4.69, 9.17) is 10.5 Å². The van der Waals surface area contributed by atoms with Gasteiger partial charge in [-0.3, -0.25) is 0 Å². The smallest absolute Gasteiger partial charge is 0.123 e. The molecule has 0 saturated heterocycles. The summed E-state index contributed by atoms with van der Waals surface area (Å²) in [6, 6.07) is 12.7. The summed E-state index contributed by atoms with van der Waals surface area (Å²) in [5.41, 5.74) is 12.1. The molecule has 2 N–H and O–H groups in total. The lowest BCUT2D eigenvalue weighted by molar-refractivity contribution is 0.238. The fourth-order valence-corrected chi connectivity index (χ4v) is 3.48. The molecule has 0 aromatic heterocycles. The number of rotatable bonds is 2. The lowest BCUT2D eigenvalue weighted by Gasteiger charge is -2.23. The molecule has 108 valence electrons. The lowest BCUT2D eigenvalue weighted by Crippen LogP contribution is -2.33. The van der Waals surface area contributed by atoms with Crippen molar-refractivity contribution in [3.63, 3.8) is 0 Å². The van der Waals surface area contributed by atoms with E-state index in [2.05, 4.69) is 42.2 Å². The number of nitrogen functional groups attached to an aromatic ring is 1. The molecule has 1 unspecified atom stereocenters. The van der Waals surface area contributed by atoms with Gasteiger partial charge < -0.3 is 15.4 Å². The summed E-state index contributed by atoms with van der Waals surface area (Å²) in [7, 11) is 0. The zero-order valence-electron chi connectivity index (χ0n) is 12.3. The molecular formula is C18H20N2O. The maximum absolute atomic E-state index is 6.10. The quantitative estimate of drug-likeness (QED) is 0.860. The number of ether oxygens (including phenoxy) is 1. The highest BCUT2D eigenvalue weighted by molar-refractivity contribution is 5.63. The molecule has 0 amide bonds. The lowest BCUT2D eigenvalue weighted by atomic mass is 10.1. The van der Waals surface area contributed by atoms with Crippen LogP contribution < -0.4 is 15.4 Å². The normalized spacial score (nSPS) is 19.3. The van der Waals surface area contributed by atoms with Gasteiger partial charge in [0.15, 0.2) is 0 Å². The van der Waals surface area contributed by atoms with Gasteiger partial charge in [0, 0.05) is 24.3 Å². The molecule has 21 heavy (non-hydrogen) atoms. The van der Waals surface area contributed by atoms with Gasteiger partial charge in [-0.1, -0.05) is 17.7 Å². The van der Waals surface area contributed by atoms with Crippen molar-refractivity contribution >= 4 is 11.4 Å². The molecule has 2 aliphatic rings. The van der Waals surface area contributed by atoms with Crippen molar-refractivity contribution in [2.24, 2.45) is 0 Å². The minimum Gasteiger partial charge on any atom is -0.488 e. The maximum Gasteiger partial charge on any atom is 0.123 e. The molecule has 2 aliphatic heterocycles. The standard InChI is InChI=1S/C18H20N2O/c1-12-2-5-18-14(8-12)10-16(21-18)11-20-7-6-13-9-15(19)3-4-17(13)20/h2-5,8-9,16H,6-7,10-11,19H2,1H3. The number of anilines is 2. The van der Waals surface area contributed by atoms with E-state index in [0.717, 1.165) is 37.4 Å². The Bertz CT molecular complexity index is 696. The van der Waals surface area contributed by atoms with Gasteiger partial charge in [-0.05, 0) is 48.7 Å². The molecule has 0 radical (unpaired) electrons. The number of fused-ring (bicyclic) bond motifs is 2. The first-order valence-corrected chi connectivity index (χ1v) is 7.58. The molecule has 0 fully saturated rings. The molecule has 2 heterocycles. The summed E-state index contributed by atoms with van der Waals surface area (Å²) in [6.07, 6.45) is 2.35. The average Bonchev–Trinajstić information content (AvgIpc) is 3.02. The Morgan fingerprint density at radius 2 is 2.10 bits per heavy atom. The largest absolute Gasteiger partial charge is 0.488 e. The van der Waals surface area contributed by atoms with E-state index in [1.54, 1.807) is 0 Å². The molecule has 3 nitrogen and oxygen atoms in total. The van der Waals surface area contributed by atoms with Crippen LogP contribution in [-0.4, -0.2) is 19.2 Å². The summed E-state index contributed by atoms with van der Waals surface area (Å²) in [5.74, 6) is 1.06. The Morgan fingerprint density at radius 1 is 1.19 bits per heavy atom.